The Labute approximate surface area is 153 Å². The standard InChI is InChI=1S/C20H30OSSi2/c1-23(2,3)19(22-18-15-11-8-12-16-18)20(21,24(4,5)6)17-13-9-7-10-14-17/h7-16,19,21H,1-6H3. The van der Waals surface area contributed by atoms with Crippen molar-refractivity contribution >= 4 is 27.9 Å². The summed E-state index contributed by atoms with van der Waals surface area (Å²) in [6.45, 7) is 14.0. The summed E-state index contributed by atoms with van der Waals surface area (Å²) in [5, 5.41) is 11.4. The van der Waals surface area contributed by atoms with Gasteiger partial charge in [0.1, 0.15) is 0 Å². The smallest absolute Gasteiger partial charge is 0.0889 e. The van der Waals surface area contributed by atoms with E-state index in [9.17, 15) is 5.11 Å². The Kier molecular flexibility index (Phi) is 5.85. The molecule has 0 saturated carbocycles. The summed E-state index contributed by atoms with van der Waals surface area (Å²) in [6, 6.07) is 20.9. The molecule has 130 valence electrons. The van der Waals surface area contributed by atoms with Gasteiger partial charge in [-0.05, 0) is 17.7 Å². The molecule has 1 nitrogen and oxygen atoms in total. The zero-order valence-corrected chi connectivity index (χ0v) is 18.5. The van der Waals surface area contributed by atoms with Crippen LogP contribution in [0.1, 0.15) is 5.56 Å². The van der Waals surface area contributed by atoms with E-state index < -0.39 is 21.4 Å². The summed E-state index contributed by atoms with van der Waals surface area (Å²) in [5.41, 5.74) is 1.08. The lowest BCUT2D eigenvalue weighted by Gasteiger charge is -2.49. The molecule has 0 aromatic heterocycles. The molecule has 0 fully saturated rings. The fourth-order valence-electron chi connectivity index (χ4n) is 3.19. The average molecular weight is 375 g/mol. The minimum atomic E-state index is -1.91. The molecule has 2 unspecified atom stereocenters. The third-order valence-corrected chi connectivity index (χ3v) is 13.5. The number of rotatable bonds is 6. The third-order valence-electron chi connectivity index (χ3n) is 4.52. The maximum Gasteiger partial charge on any atom is 0.0889 e. The second kappa shape index (κ2) is 7.20. The summed E-state index contributed by atoms with van der Waals surface area (Å²) in [7, 11) is -3.56. The van der Waals surface area contributed by atoms with Gasteiger partial charge in [-0.15, -0.1) is 11.8 Å². The van der Waals surface area contributed by atoms with Crippen molar-refractivity contribution in [3.63, 3.8) is 0 Å². The highest BCUT2D eigenvalue weighted by molar-refractivity contribution is 8.01. The summed E-state index contributed by atoms with van der Waals surface area (Å²) in [5.74, 6) is 0. The molecular formula is C20H30OSSi2. The van der Waals surface area contributed by atoms with Gasteiger partial charge in [0.2, 0.25) is 0 Å². The van der Waals surface area contributed by atoms with E-state index in [2.05, 4.69) is 93.9 Å². The lowest BCUT2D eigenvalue weighted by Crippen LogP contribution is -2.63. The van der Waals surface area contributed by atoms with Crippen LogP contribution in [0.4, 0.5) is 0 Å². The second-order valence-corrected chi connectivity index (χ2v) is 20.7. The first-order valence-electron chi connectivity index (χ1n) is 8.56. The summed E-state index contributed by atoms with van der Waals surface area (Å²) < 4.78 is 0. The number of hydrogen-bond acceptors (Lipinski definition) is 2. The molecule has 2 rings (SSSR count). The lowest BCUT2D eigenvalue weighted by molar-refractivity contribution is 0.128. The average Bonchev–Trinajstić information content (AvgIpc) is 2.51. The molecule has 0 spiro atoms. The van der Waals surface area contributed by atoms with Crippen molar-refractivity contribution < 1.29 is 5.11 Å². The summed E-state index contributed by atoms with van der Waals surface area (Å²) in [4.78, 5) is 1.46. The van der Waals surface area contributed by atoms with Gasteiger partial charge in [0.15, 0.2) is 0 Å². The van der Waals surface area contributed by atoms with Crippen molar-refractivity contribution in [1.29, 1.82) is 0 Å². The Morgan fingerprint density at radius 1 is 0.792 bits per heavy atom. The van der Waals surface area contributed by atoms with Crippen molar-refractivity contribution in [2.45, 2.75) is 54.3 Å². The van der Waals surface area contributed by atoms with Crippen molar-refractivity contribution in [1.82, 2.24) is 0 Å². The summed E-state index contributed by atoms with van der Waals surface area (Å²) >= 11 is 1.87. The van der Waals surface area contributed by atoms with E-state index in [0.29, 0.717) is 0 Å². The van der Waals surface area contributed by atoms with Gasteiger partial charge in [0.05, 0.1) is 21.4 Å². The van der Waals surface area contributed by atoms with Crippen LogP contribution in [0.5, 0.6) is 0 Å². The van der Waals surface area contributed by atoms with E-state index in [1.54, 1.807) is 0 Å². The highest BCUT2D eigenvalue weighted by Gasteiger charge is 2.53. The minimum Gasteiger partial charge on any atom is -0.388 e. The third kappa shape index (κ3) is 4.05. The quantitative estimate of drug-likeness (QED) is 0.510. The highest BCUT2D eigenvalue weighted by Crippen LogP contribution is 2.46. The topological polar surface area (TPSA) is 20.2 Å². The van der Waals surface area contributed by atoms with Gasteiger partial charge >= 0.3 is 0 Å². The van der Waals surface area contributed by atoms with Crippen LogP contribution in [-0.4, -0.2) is 26.1 Å². The number of thioether (sulfide) groups is 1. The highest BCUT2D eigenvalue weighted by atomic mass is 32.2. The lowest BCUT2D eigenvalue weighted by atomic mass is 10.1. The normalized spacial score (nSPS) is 16.5. The number of benzene rings is 2. The van der Waals surface area contributed by atoms with Crippen LogP contribution in [0.15, 0.2) is 65.6 Å². The molecule has 2 aromatic carbocycles. The fraction of sp³-hybridized carbons (Fsp3) is 0.400. The number of hydrogen-bond donors (Lipinski definition) is 1. The number of aliphatic hydroxyl groups is 1. The van der Waals surface area contributed by atoms with E-state index >= 15 is 0 Å². The minimum absolute atomic E-state index is 0.210. The summed E-state index contributed by atoms with van der Waals surface area (Å²) in [6.07, 6.45) is 0. The second-order valence-electron chi connectivity index (χ2n) is 8.56. The van der Waals surface area contributed by atoms with Crippen molar-refractivity contribution in [3.05, 3.63) is 66.2 Å². The molecule has 0 heterocycles. The van der Waals surface area contributed by atoms with Crippen molar-refractivity contribution in [2.24, 2.45) is 0 Å². The molecule has 1 N–H and O–H groups in total. The van der Waals surface area contributed by atoms with Crippen LogP contribution in [0.3, 0.4) is 0 Å². The molecule has 0 bridgehead atoms. The maximum atomic E-state index is 12.2. The van der Waals surface area contributed by atoms with E-state index in [-0.39, 0.29) is 4.87 Å². The van der Waals surface area contributed by atoms with Crippen molar-refractivity contribution in [3.8, 4) is 0 Å². The molecule has 0 aliphatic carbocycles. The molecule has 0 saturated heterocycles. The van der Waals surface area contributed by atoms with Crippen LogP contribution in [0.2, 0.25) is 39.3 Å². The first kappa shape index (κ1) is 19.5. The zero-order chi connectivity index (χ0) is 18.0. The van der Waals surface area contributed by atoms with Gasteiger partial charge in [0.25, 0.3) is 0 Å². The Morgan fingerprint density at radius 2 is 1.25 bits per heavy atom. The van der Waals surface area contributed by atoms with Gasteiger partial charge in [-0.3, -0.25) is 0 Å². The molecule has 2 aromatic rings. The Bertz CT molecular complexity index is 647. The predicted octanol–water partition coefficient (Wildman–Crippen LogP) is 5.79. The molecule has 4 heteroatoms. The fourth-order valence-corrected chi connectivity index (χ4v) is 13.0. The molecule has 24 heavy (non-hydrogen) atoms. The molecule has 0 amide bonds. The Hall–Kier alpha value is -0.816. The zero-order valence-electron chi connectivity index (χ0n) is 15.7. The van der Waals surface area contributed by atoms with E-state index in [4.69, 9.17) is 0 Å². The van der Waals surface area contributed by atoms with Crippen LogP contribution >= 0.6 is 11.8 Å². The Balaban J connectivity index is 2.58. The van der Waals surface area contributed by atoms with Gasteiger partial charge in [-0.25, -0.2) is 0 Å². The molecule has 0 radical (unpaired) electrons. The largest absolute Gasteiger partial charge is 0.388 e. The van der Waals surface area contributed by atoms with Gasteiger partial charge in [0, 0.05) is 9.77 Å². The van der Waals surface area contributed by atoms with Crippen LogP contribution in [-0.2, 0) is 5.22 Å². The van der Waals surface area contributed by atoms with Crippen LogP contribution < -0.4 is 0 Å². The predicted molar refractivity (Wildman–Crippen MR) is 113 cm³/mol. The SMILES string of the molecule is C[Si](C)(C)C(Sc1ccccc1)C(O)(c1ccccc1)[Si](C)(C)C. The molecule has 0 aliphatic heterocycles. The first-order chi connectivity index (χ1) is 11.1. The van der Waals surface area contributed by atoms with E-state index in [1.165, 1.54) is 4.90 Å². The van der Waals surface area contributed by atoms with Crippen LogP contribution in [0.25, 0.3) is 0 Å². The molecule has 2 atom stereocenters. The monoisotopic (exact) mass is 374 g/mol. The van der Waals surface area contributed by atoms with Gasteiger partial charge in [-0.2, -0.15) is 0 Å². The van der Waals surface area contributed by atoms with Gasteiger partial charge in [-0.1, -0.05) is 87.8 Å². The Morgan fingerprint density at radius 3 is 1.67 bits per heavy atom. The van der Waals surface area contributed by atoms with Gasteiger partial charge < -0.3 is 5.11 Å². The molecular weight excluding hydrogens is 344 g/mol. The van der Waals surface area contributed by atoms with Crippen LogP contribution in [0, 0.1) is 0 Å². The van der Waals surface area contributed by atoms with Crippen molar-refractivity contribution in [2.75, 3.05) is 0 Å². The van der Waals surface area contributed by atoms with E-state index in [1.807, 2.05) is 17.8 Å². The maximum absolute atomic E-state index is 12.2. The first-order valence-corrected chi connectivity index (χ1v) is 16.5. The van der Waals surface area contributed by atoms with E-state index in [0.717, 1.165) is 5.56 Å². The molecule has 0 aliphatic rings.